The Morgan fingerprint density at radius 1 is 1.30 bits per heavy atom. The lowest BCUT2D eigenvalue weighted by molar-refractivity contribution is -0.385. The van der Waals surface area contributed by atoms with E-state index in [1.54, 1.807) is 0 Å². The molecule has 0 spiro atoms. The lowest BCUT2D eigenvalue weighted by atomic mass is 10.2. The maximum Gasteiger partial charge on any atom is 0.343 e. The summed E-state index contributed by atoms with van der Waals surface area (Å²) in [6.45, 7) is 0. The van der Waals surface area contributed by atoms with E-state index < -0.39 is 26.7 Å². The largest absolute Gasteiger partial charge is 0.497 e. The summed E-state index contributed by atoms with van der Waals surface area (Å²) in [4.78, 5) is 17.3. The second-order valence-corrected chi connectivity index (χ2v) is 4.30. The molecule has 2 rings (SSSR count). The molecule has 0 bridgehead atoms. The van der Waals surface area contributed by atoms with Crippen molar-refractivity contribution in [2.75, 3.05) is 7.11 Å². The van der Waals surface area contributed by atoms with Gasteiger partial charge in [0.25, 0.3) is 0 Å². The number of hydrogen-bond donors (Lipinski definition) is 0. The Kier molecular flexibility index (Phi) is 4.01. The van der Waals surface area contributed by atoms with E-state index in [2.05, 4.69) is 9.97 Å². The zero-order valence-corrected chi connectivity index (χ0v) is 11.4. The topological polar surface area (TPSA) is 78.2 Å². The molecule has 6 nitrogen and oxygen atoms in total. The molecular weight excluding hydrogens is 312 g/mol. The van der Waals surface area contributed by atoms with Gasteiger partial charge in [-0.15, -0.1) is 0 Å². The first-order valence-electron chi connectivity index (χ1n) is 5.15. The fourth-order valence-electron chi connectivity index (χ4n) is 1.48. The van der Waals surface area contributed by atoms with Crippen LogP contribution in [0.5, 0.6) is 5.75 Å². The molecule has 1 aromatic carbocycles. The summed E-state index contributed by atoms with van der Waals surface area (Å²) >= 11 is 11.3. The van der Waals surface area contributed by atoms with Gasteiger partial charge in [-0.3, -0.25) is 10.1 Å². The van der Waals surface area contributed by atoms with Gasteiger partial charge in [0.1, 0.15) is 11.6 Å². The van der Waals surface area contributed by atoms with Crippen LogP contribution >= 0.6 is 23.2 Å². The van der Waals surface area contributed by atoms with Gasteiger partial charge in [0.15, 0.2) is 5.82 Å². The Balaban J connectivity index is 2.62. The molecule has 0 atom stereocenters. The third-order valence-corrected chi connectivity index (χ3v) is 2.92. The van der Waals surface area contributed by atoms with Crippen molar-refractivity contribution in [2.24, 2.45) is 0 Å². The molecule has 0 aliphatic carbocycles. The SMILES string of the molecule is COc1ccc(F)c(-c2nc(Cl)c([N+](=O)[O-])c(Cl)n2)c1. The Hall–Kier alpha value is -1.99. The molecule has 104 valence electrons. The normalized spacial score (nSPS) is 10.4. The molecule has 1 aromatic heterocycles. The lowest BCUT2D eigenvalue weighted by Crippen LogP contribution is -1.99. The lowest BCUT2D eigenvalue weighted by Gasteiger charge is -2.06. The molecule has 0 radical (unpaired) electrons. The highest BCUT2D eigenvalue weighted by Crippen LogP contribution is 2.33. The first-order valence-corrected chi connectivity index (χ1v) is 5.91. The van der Waals surface area contributed by atoms with Crippen LogP contribution in [0.2, 0.25) is 10.3 Å². The molecule has 0 N–H and O–H groups in total. The number of methoxy groups -OCH3 is 1. The molecular formula is C11H6Cl2FN3O3. The number of hydrogen-bond acceptors (Lipinski definition) is 5. The maximum absolute atomic E-state index is 13.8. The minimum absolute atomic E-state index is 0.0250. The molecule has 0 saturated heterocycles. The molecule has 1 heterocycles. The van der Waals surface area contributed by atoms with Crippen LogP contribution in [-0.4, -0.2) is 22.0 Å². The molecule has 0 saturated carbocycles. The molecule has 9 heteroatoms. The van der Waals surface area contributed by atoms with Crippen LogP contribution in [0, 0.1) is 15.9 Å². The van der Waals surface area contributed by atoms with Gasteiger partial charge in [-0.05, 0) is 18.2 Å². The quantitative estimate of drug-likeness (QED) is 0.491. The van der Waals surface area contributed by atoms with E-state index >= 15 is 0 Å². The molecule has 20 heavy (non-hydrogen) atoms. The summed E-state index contributed by atoms with van der Waals surface area (Å²) < 4.78 is 18.7. The first-order chi connectivity index (χ1) is 9.43. The zero-order chi connectivity index (χ0) is 14.9. The van der Waals surface area contributed by atoms with Crippen molar-refractivity contribution >= 4 is 28.9 Å². The zero-order valence-electron chi connectivity index (χ0n) is 9.93. The molecule has 0 aliphatic rings. The number of halogens is 3. The van der Waals surface area contributed by atoms with Crippen molar-refractivity contribution in [1.82, 2.24) is 9.97 Å². The van der Waals surface area contributed by atoms with Gasteiger partial charge in [-0.25, -0.2) is 14.4 Å². The molecule has 0 unspecified atom stereocenters. The van der Waals surface area contributed by atoms with Crippen molar-refractivity contribution in [3.05, 3.63) is 44.4 Å². The monoisotopic (exact) mass is 317 g/mol. The highest BCUT2D eigenvalue weighted by atomic mass is 35.5. The third kappa shape index (κ3) is 2.63. The Morgan fingerprint density at radius 2 is 1.90 bits per heavy atom. The molecule has 2 aromatic rings. The smallest absolute Gasteiger partial charge is 0.343 e. The number of nitrogens with zero attached hydrogens (tertiary/aromatic N) is 3. The Labute approximate surface area is 122 Å². The Bertz CT molecular complexity index is 674. The van der Waals surface area contributed by atoms with Crippen LogP contribution in [0.3, 0.4) is 0 Å². The van der Waals surface area contributed by atoms with E-state index in [-0.39, 0.29) is 11.4 Å². The van der Waals surface area contributed by atoms with Gasteiger partial charge < -0.3 is 4.74 Å². The summed E-state index contributed by atoms with van der Waals surface area (Å²) in [5, 5.41) is 9.79. The summed E-state index contributed by atoms with van der Waals surface area (Å²) in [6, 6.07) is 3.90. The van der Waals surface area contributed by atoms with Gasteiger partial charge in [0.05, 0.1) is 17.6 Å². The average molecular weight is 318 g/mol. The van der Waals surface area contributed by atoms with E-state index in [0.717, 1.165) is 6.07 Å². The van der Waals surface area contributed by atoms with Crippen molar-refractivity contribution in [1.29, 1.82) is 0 Å². The number of aromatic nitrogens is 2. The number of nitro groups is 1. The van der Waals surface area contributed by atoms with E-state index in [0.29, 0.717) is 5.75 Å². The third-order valence-electron chi connectivity index (χ3n) is 2.40. The highest BCUT2D eigenvalue weighted by molar-refractivity contribution is 6.36. The van der Waals surface area contributed by atoms with Crippen LogP contribution in [-0.2, 0) is 0 Å². The van der Waals surface area contributed by atoms with Gasteiger partial charge in [0.2, 0.25) is 10.3 Å². The minimum Gasteiger partial charge on any atom is -0.497 e. The van der Waals surface area contributed by atoms with Crippen LogP contribution in [0.4, 0.5) is 10.1 Å². The number of ether oxygens (including phenoxy) is 1. The first kappa shape index (κ1) is 14.4. The van der Waals surface area contributed by atoms with Gasteiger partial charge in [0, 0.05) is 0 Å². The minimum atomic E-state index is -0.809. The second-order valence-electron chi connectivity index (χ2n) is 3.58. The van der Waals surface area contributed by atoms with Crippen molar-refractivity contribution < 1.29 is 14.1 Å². The number of rotatable bonds is 3. The standard InChI is InChI=1S/C11H6Cl2FN3O3/c1-20-5-2-3-7(14)6(4-5)11-15-9(12)8(17(18)19)10(13)16-11/h2-4H,1H3. The summed E-state index contributed by atoms with van der Waals surface area (Å²) in [5.41, 5.74) is -0.650. The predicted octanol–water partition coefficient (Wildman–Crippen LogP) is 3.51. The van der Waals surface area contributed by atoms with Gasteiger partial charge >= 0.3 is 5.69 Å². The highest BCUT2D eigenvalue weighted by Gasteiger charge is 2.23. The van der Waals surface area contributed by atoms with E-state index in [9.17, 15) is 14.5 Å². The average Bonchev–Trinajstić information content (AvgIpc) is 2.37. The second kappa shape index (κ2) is 5.56. The van der Waals surface area contributed by atoms with Crippen molar-refractivity contribution in [3.8, 4) is 17.1 Å². The van der Waals surface area contributed by atoms with E-state index in [4.69, 9.17) is 27.9 Å². The fourth-order valence-corrected chi connectivity index (χ4v) is 2.00. The fraction of sp³-hybridized carbons (Fsp3) is 0.0909. The van der Waals surface area contributed by atoms with Crippen LogP contribution < -0.4 is 4.74 Å². The van der Waals surface area contributed by atoms with Crippen molar-refractivity contribution in [3.63, 3.8) is 0 Å². The predicted molar refractivity (Wildman–Crippen MR) is 70.7 cm³/mol. The molecule has 0 aliphatic heterocycles. The Morgan fingerprint density at radius 3 is 2.40 bits per heavy atom. The molecule has 0 fully saturated rings. The summed E-state index contributed by atoms with van der Waals surface area (Å²) in [7, 11) is 1.41. The van der Waals surface area contributed by atoms with Crippen molar-refractivity contribution in [2.45, 2.75) is 0 Å². The van der Waals surface area contributed by atoms with E-state index in [1.807, 2.05) is 0 Å². The molecule has 0 amide bonds. The van der Waals surface area contributed by atoms with Crippen LogP contribution in [0.25, 0.3) is 11.4 Å². The summed E-state index contributed by atoms with van der Waals surface area (Å²) in [6.07, 6.45) is 0. The van der Waals surface area contributed by atoms with Crippen LogP contribution in [0.15, 0.2) is 18.2 Å². The van der Waals surface area contributed by atoms with Gasteiger partial charge in [-0.2, -0.15) is 0 Å². The number of benzene rings is 1. The van der Waals surface area contributed by atoms with E-state index in [1.165, 1.54) is 19.2 Å². The maximum atomic E-state index is 13.8. The van der Waals surface area contributed by atoms with Crippen LogP contribution in [0.1, 0.15) is 0 Å². The van der Waals surface area contributed by atoms with Gasteiger partial charge in [-0.1, -0.05) is 23.2 Å². The summed E-state index contributed by atoms with van der Waals surface area (Å²) in [5.74, 6) is -0.426.